The zero-order chi connectivity index (χ0) is 50.7. The number of nitrogens with zero attached hydrogens (tertiary/aromatic N) is 2. The second-order valence-corrected chi connectivity index (χ2v) is 28.1. The van der Waals surface area contributed by atoms with Gasteiger partial charge in [0.05, 0.1) is 20.8 Å². The Morgan fingerprint density at radius 3 is 1.21 bits per heavy atom. The van der Waals surface area contributed by atoms with Crippen molar-refractivity contribution in [2.45, 2.75) is 115 Å². The Hall–Kier alpha value is -6.20. The summed E-state index contributed by atoms with van der Waals surface area (Å²) >= 11 is 3.86. The summed E-state index contributed by atoms with van der Waals surface area (Å²) in [7, 11) is 0. The Morgan fingerprint density at radius 2 is 0.763 bits per heavy atom. The maximum absolute atomic E-state index is 2.59. The van der Waals surface area contributed by atoms with Crippen molar-refractivity contribution in [2.24, 2.45) is 35.5 Å². The van der Waals surface area contributed by atoms with E-state index < -0.39 is 0 Å². The van der Waals surface area contributed by atoms with Crippen molar-refractivity contribution in [1.29, 1.82) is 0 Å². The molecule has 0 aliphatic heterocycles. The molecule has 4 heteroatoms. The van der Waals surface area contributed by atoms with Crippen molar-refractivity contribution >= 4 is 97.1 Å². The number of anilines is 6. The zero-order valence-corrected chi connectivity index (χ0v) is 46.3. The molecule has 2 heterocycles. The van der Waals surface area contributed by atoms with Crippen LogP contribution in [0.25, 0.3) is 51.5 Å². The highest BCUT2D eigenvalue weighted by molar-refractivity contribution is 7.26. The van der Waals surface area contributed by atoms with Gasteiger partial charge in [-0.25, -0.2) is 0 Å². The van der Waals surface area contributed by atoms with Crippen LogP contribution in [0.2, 0.25) is 0 Å². The van der Waals surface area contributed by atoms with Gasteiger partial charge in [0.25, 0.3) is 0 Å². The molecule has 7 aliphatic rings. The Kier molecular flexibility index (Phi) is 10.2. The smallest absolute Gasteiger partial charge is 0.0640 e. The number of thiophene rings is 2. The molecule has 0 saturated heterocycles. The Bertz CT molecular complexity index is 3890. The number of hydrogen-bond donors (Lipinski definition) is 0. The van der Waals surface area contributed by atoms with Gasteiger partial charge in [-0.3, -0.25) is 0 Å². The monoisotopic (exact) mass is 1020 g/mol. The van der Waals surface area contributed by atoms with Crippen LogP contribution in [0.15, 0.2) is 170 Å². The predicted octanol–water partition coefficient (Wildman–Crippen LogP) is 21.2. The summed E-state index contributed by atoms with van der Waals surface area (Å²) in [5, 5.41) is 5.34. The lowest BCUT2D eigenvalue weighted by Crippen LogP contribution is -2.48. The van der Waals surface area contributed by atoms with Gasteiger partial charge in [-0.05, 0) is 223 Å². The molecule has 6 fully saturated rings. The van der Waals surface area contributed by atoms with Gasteiger partial charge in [0, 0.05) is 59.1 Å². The average Bonchev–Trinajstić information content (AvgIpc) is 4.11. The number of hydrogen-bond acceptors (Lipinski definition) is 4. The SMILES string of the molecule is CC1CC2CC(C)CC(c3ccc(N(c4ccc5c(c4)C(C)(C)c4cc(N(c6ccc(C78CC9CC(CC(C9)C7)C8)cc6)c6cccc7c6sc6ccccc67)ccc4-5)c4cccc5c4sc4ccccc45)cc3)(C1)C2. The van der Waals surface area contributed by atoms with Crippen molar-refractivity contribution in [2.75, 3.05) is 9.80 Å². The molecule has 2 atom stereocenters. The minimum atomic E-state index is -0.251. The molecule has 7 aliphatic carbocycles. The minimum absolute atomic E-state index is 0.251. The first-order valence-corrected chi connectivity index (χ1v) is 30.6. The highest BCUT2D eigenvalue weighted by atomic mass is 32.1. The van der Waals surface area contributed by atoms with E-state index in [0.29, 0.717) is 5.41 Å². The molecule has 0 amide bonds. The summed E-state index contributed by atoms with van der Waals surface area (Å²) in [4.78, 5) is 5.17. The van der Waals surface area contributed by atoms with Crippen LogP contribution in [0.5, 0.6) is 0 Å². The van der Waals surface area contributed by atoms with Gasteiger partial charge in [0.1, 0.15) is 0 Å². The molecule has 8 aromatic carbocycles. The maximum atomic E-state index is 2.59. The molecule has 0 radical (unpaired) electrons. The first-order valence-electron chi connectivity index (χ1n) is 29.0. The van der Waals surface area contributed by atoms with Crippen LogP contribution < -0.4 is 9.80 Å². The molecule has 6 bridgehead atoms. The summed E-state index contributed by atoms with van der Waals surface area (Å²) in [6, 6.07) is 66.7. The molecule has 0 spiro atoms. The first kappa shape index (κ1) is 45.9. The van der Waals surface area contributed by atoms with Gasteiger partial charge in [0.2, 0.25) is 0 Å². The first-order chi connectivity index (χ1) is 37.1. The van der Waals surface area contributed by atoms with Crippen LogP contribution >= 0.6 is 22.7 Å². The Labute approximate surface area is 457 Å². The van der Waals surface area contributed by atoms with Crippen molar-refractivity contribution in [1.82, 2.24) is 0 Å². The molecular weight excluding hydrogens is 957 g/mol. The van der Waals surface area contributed by atoms with E-state index in [2.05, 4.69) is 207 Å². The summed E-state index contributed by atoms with van der Waals surface area (Å²) in [6.07, 6.45) is 15.3. The zero-order valence-electron chi connectivity index (χ0n) is 44.6. The van der Waals surface area contributed by atoms with Crippen molar-refractivity contribution in [3.8, 4) is 11.1 Å². The minimum Gasteiger partial charge on any atom is -0.309 e. The van der Waals surface area contributed by atoms with Gasteiger partial charge in [-0.2, -0.15) is 0 Å². The predicted molar refractivity (Wildman–Crippen MR) is 326 cm³/mol. The fourth-order valence-electron chi connectivity index (χ4n) is 18.1. The Balaban J connectivity index is 0.812. The van der Waals surface area contributed by atoms with Crippen LogP contribution in [0, 0.1) is 35.5 Å². The van der Waals surface area contributed by atoms with E-state index in [4.69, 9.17) is 0 Å². The summed E-state index contributed by atoms with van der Waals surface area (Å²) in [5.74, 6) is 5.19. The molecule has 378 valence electrons. The molecule has 2 unspecified atom stereocenters. The van der Waals surface area contributed by atoms with Gasteiger partial charge >= 0.3 is 0 Å². The second-order valence-electron chi connectivity index (χ2n) is 26.0. The third-order valence-corrected chi connectivity index (χ3v) is 23.0. The Morgan fingerprint density at radius 1 is 0.382 bits per heavy atom. The van der Waals surface area contributed by atoms with Crippen LogP contribution in [0.1, 0.15) is 121 Å². The molecule has 0 N–H and O–H groups in total. The van der Waals surface area contributed by atoms with Crippen LogP contribution in [0.4, 0.5) is 34.1 Å². The van der Waals surface area contributed by atoms with E-state index in [1.165, 1.54) is 167 Å². The van der Waals surface area contributed by atoms with Gasteiger partial charge in [-0.15, -0.1) is 22.7 Å². The molecule has 76 heavy (non-hydrogen) atoms. The lowest BCUT2D eigenvalue weighted by atomic mass is 9.48. The van der Waals surface area contributed by atoms with E-state index in [1.54, 1.807) is 11.1 Å². The van der Waals surface area contributed by atoms with Gasteiger partial charge in [-0.1, -0.05) is 125 Å². The molecule has 17 rings (SSSR count). The van der Waals surface area contributed by atoms with Gasteiger partial charge < -0.3 is 9.80 Å². The molecule has 2 aromatic heterocycles. The number of fused-ring (bicyclic) bond motifs is 11. The van der Waals surface area contributed by atoms with Crippen molar-refractivity contribution < 1.29 is 0 Å². The lowest BCUT2D eigenvalue weighted by molar-refractivity contribution is -0.00518. The normalized spacial score (nSPS) is 26.8. The standard InChI is InChI=1S/C72H68N2S2/c1-44-31-46-32-45(2)39-71(38-44,40-46)50-19-23-52(24-20-50)73(64-15-9-13-60-58-11-5-7-17-66(58)75-68(60)64)54-27-29-56-57-30-28-55(37-63(57)70(3,4)62(56)36-54)74(65-16-10-14-61-59-12-6-8-18-67(59)76-69(61)65)53-25-21-51(22-26-53)72-41-47-33-48(42-72)35-49(34-47)43-72/h5-30,36-37,44-49H,31-35,38-43H2,1-4H3. The van der Waals surface area contributed by atoms with Gasteiger partial charge in [0.15, 0.2) is 0 Å². The topological polar surface area (TPSA) is 6.48 Å². The van der Waals surface area contributed by atoms with E-state index in [9.17, 15) is 0 Å². The van der Waals surface area contributed by atoms with Crippen LogP contribution in [0.3, 0.4) is 0 Å². The fourth-order valence-corrected chi connectivity index (χ4v) is 20.5. The fraction of sp³-hybridized carbons (Fsp3) is 0.333. The quantitative estimate of drug-likeness (QED) is 0.150. The van der Waals surface area contributed by atoms with E-state index >= 15 is 0 Å². The van der Waals surface area contributed by atoms with E-state index in [-0.39, 0.29) is 10.8 Å². The van der Waals surface area contributed by atoms with Crippen LogP contribution in [-0.2, 0) is 16.2 Å². The summed E-state index contributed by atoms with van der Waals surface area (Å²) in [6.45, 7) is 9.96. The largest absolute Gasteiger partial charge is 0.309 e. The average molecular weight is 1030 g/mol. The van der Waals surface area contributed by atoms with E-state index in [1.807, 2.05) is 22.7 Å². The molecular formula is C72H68N2S2. The van der Waals surface area contributed by atoms with Crippen molar-refractivity contribution in [3.05, 3.63) is 192 Å². The lowest BCUT2D eigenvalue weighted by Gasteiger charge is -2.57. The number of rotatable bonds is 8. The molecule has 6 saturated carbocycles. The summed E-state index contributed by atoms with van der Waals surface area (Å²) < 4.78 is 5.36. The third kappa shape index (κ3) is 7.01. The van der Waals surface area contributed by atoms with Crippen molar-refractivity contribution in [3.63, 3.8) is 0 Å². The molecule has 2 nitrogen and oxygen atoms in total. The highest BCUT2D eigenvalue weighted by Crippen LogP contribution is 2.62. The maximum Gasteiger partial charge on any atom is 0.0640 e. The molecule has 10 aromatic rings. The second kappa shape index (κ2) is 16.9. The third-order valence-electron chi connectivity index (χ3n) is 20.6. The van der Waals surface area contributed by atoms with E-state index in [0.717, 1.165) is 35.5 Å². The van der Waals surface area contributed by atoms with Crippen LogP contribution in [-0.4, -0.2) is 0 Å². The number of benzene rings is 8. The highest BCUT2D eigenvalue weighted by Gasteiger charge is 2.52. The summed E-state index contributed by atoms with van der Waals surface area (Å²) in [5.41, 5.74) is 16.4.